The number of nitrogens with two attached hydrogens (primary N) is 1. The highest BCUT2D eigenvalue weighted by Crippen LogP contribution is 2.25. The summed E-state index contributed by atoms with van der Waals surface area (Å²) in [6.07, 6.45) is 34.1. The molecular weight excluding hydrogens is 477 g/mol. The molecule has 0 aromatic carbocycles. The summed E-state index contributed by atoms with van der Waals surface area (Å²) < 4.78 is 22.3. The van der Waals surface area contributed by atoms with Crippen molar-refractivity contribution in [2.45, 2.75) is 188 Å². The van der Waals surface area contributed by atoms with E-state index in [0.29, 0.717) is 13.2 Å². The highest BCUT2D eigenvalue weighted by Gasteiger charge is 2.18. The van der Waals surface area contributed by atoms with E-state index in [9.17, 15) is 4.57 Å². The summed E-state index contributed by atoms with van der Waals surface area (Å²) in [5.41, 5.74) is 5.34. The maximum Gasteiger partial charge on any atom is 0.697 e. The van der Waals surface area contributed by atoms with Crippen LogP contribution in [-0.2, 0) is 13.6 Å². The SMILES string of the molecule is CCCCCCCCCCCCO[P+](=O)OCCCCCCCCCCCC.CCCCCCCCN. The molecule has 5 heteroatoms. The highest BCUT2D eigenvalue weighted by molar-refractivity contribution is 7.33. The Kier molecular flexibility index (Phi) is 40.3. The summed E-state index contributed by atoms with van der Waals surface area (Å²) >= 11 is 0. The van der Waals surface area contributed by atoms with Crippen molar-refractivity contribution in [1.29, 1.82) is 0 Å². The zero-order valence-corrected chi connectivity index (χ0v) is 26.6. The van der Waals surface area contributed by atoms with Crippen molar-refractivity contribution in [1.82, 2.24) is 0 Å². The molecule has 0 fully saturated rings. The summed E-state index contributed by atoms with van der Waals surface area (Å²) in [7, 11) is -1.90. The highest BCUT2D eigenvalue weighted by atomic mass is 31.1. The van der Waals surface area contributed by atoms with Crippen LogP contribution in [0.2, 0.25) is 0 Å². The summed E-state index contributed by atoms with van der Waals surface area (Å²) in [6, 6.07) is 0. The van der Waals surface area contributed by atoms with Crippen LogP contribution in [0.1, 0.15) is 188 Å². The summed E-state index contributed by atoms with van der Waals surface area (Å²) in [6.45, 7) is 8.78. The van der Waals surface area contributed by atoms with Crippen molar-refractivity contribution in [3.63, 3.8) is 0 Å². The Hall–Kier alpha value is -0.0200. The van der Waals surface area contributed by atoms with Crippen LogP contribution in [0.3, 0.4) is 0 Å². The van der Waals surface area contributed by atoms with E-state index in [-0.39, 0.29) is 0 Å². The first kappa shape index (κ1) is 39.1. The number of hydrogen-bond donors (Lipinski definition) is 1. The van der Waals surface area contributed by atoms with Crippen LogP contribution < -0.4 is 5.73 Å². The summed E-state index contributed by atoms with van der Waals surface area (Å²) in [4.78, 5) is 0. The van der Waals surface area contributed by atoms with E-state index >= 15 is 0 Å². The summed E-state index contributed by atoms with van der Waals surface area (Å²) in [5.74, 6) is 0. The first-order valence-electron chi connectivity index (χ1n) is 16.7. The van der Waals surface area contributed by atoms with Crippen LogP contribution in [0.4, 0.5) is 0 Å². The Balaban J connectivity index is 0. The molecule has 0 unspecified atom stereocenters. The molecule has 0 aromatic rings. The van der Waals surface area contributed by atoms with Crippen LogP contribution in [0.5, 0.6) is 0 Å². The molecule has 0 rings (SSSR count). The number of unbranched alkanes of at least 4 members (excludes halogenated alkanes) is 23. The van der Waals surface area contributed by atoms with Gasteiger partial charge in [-0.1, -0.05) is 168 Å². The smallest absolute Gasteiger partial charge is 0.330 e. The van der Waals surface area contributed by atoms with Gasteiger partial charge in [0.2, 0.25) is 0 Å². The van der Waals surface area contributed by atoms with E-state index in [4.69, 9.17) is 14.8 Å². The fraction of sp³-hybridized carbons (Fsp3) is 1.00. The predicted molar refractivity (Wildman–Crippen MR) is 166 cm³/mol. The van der Waals surface area contributed by atoms with Gasteiger partial charge in [0.25, 0.3) is 0 Å². The standard InChI is InChI=1S/C24H50O3P.C8H19N/c1-3-5-7-9-11-13-15-17-19-21-23-26-28(25)27-24-22-20-18-16-14-12-10-8-6-4-2;1-2-3-4-5-6-7-8-9/h3-24H2,1-2H3;2-9H2,1H3/q+1;. The third-order valence-electron chi connectivity index (χ3n) is 6.95. The third kappa shape index (κ3) is 40.6. The lowest BCUT2D eigenvalue weighted by molar-refractivity contribution is 0.218. The first-order valence-corrected chi connectivity index (χ1v) is 17.8. The molecule has 0 heterocycles. The molecule has 0 atom stereocenters. The van der Waals surface area contributed by atoms with Crippen molar-refractivity contribution >= 4 is 8.25 Å². The first-order chi connectivity index (χ1) is 18.2. The Morgan fingerprint density at radius 2 is 0.649 bits per heavy atom. The van der Waals surface area contributed by atoms with Crippen LogP contribution in [0.25, 0.3) is 0 Å². The fourth-order valence-electron chi connectivity index (χ4n) is 4.42. The van der Waals surface area contributed by atoms with Gasteiger partial charge in [0.1, 0.15) is 13.2 Å². The molecule has 0 aliphatic rings. The van der Waals surface area contributed by atoms with Gasteiger partial charge in [-0.05, 0) is 25.8 Å². The zero-order chi connectivity index (χ0) is 27.5. The molecule has 37 heavy (non-hydrogen) atoms. The lowest BCUT2D eigenvalue weighted by atomic mass is 10.1. The normalized spacial score (nSPS) is 10.9. The molecule has 0 aliphatic carbocycles. The Morgan fingerprint density at radius 1 is 0.405 bits per heavy atom. The van der Waals surface area contributed by atoms with Crippen LogP contribution >= 0.6 is 8.25 Å². The van der Waals surface area contributed by atoms with Gasteiger partial charge in [-0.3, -0.25) is 0 Å². The second-order valence-electron chi connectivity index (χ2n) is 10.8. The monoisotopic (exact) mass is 547 g/mol. The lowest BCUT2D eigenvalue weighted by Gasteiger charge is -2.01. The molecular formula is C32H69NO3P+. The predicted octanol–water partition coefficient (Wildman–Crippen LogP) is 11.8. The molecule has 2 N–H and O–H groups in total. The molecule has 0 saturated carbocycles. The fourth-order valence-corrected chi connectivity index (χ4v) is 5.05. The van der Waals surface area contributed by atoms with Crippen molar-refractivity contribution in [3.8, 4) is 0 Å². The topological polar surface area (TPSA) is 61.5 Å². The van der Waals surface area contributed by atoms with E-state index in [2.05, 4.69) is 20.8 Å². The molecule has 0 aliphatic heterocycles. The van der Waals surface area contributed by atoms with Gasteiger partial charge >= 0.3 is 8.25 Å². The maximum absolute atomic E-state index is 11.7. The quantitative estimate of drug-likeness (QED) is 0.0718. The molecule has 4 nitrogen and oxygen atoms in total. The van der Waals surface area contributed by atoms with Gasteiger partial charge in [0.05, 0.1) is 0 Å². The maximum atomic E-state index is 11.7. The van der Waals surface area contributed by atoms with E-state index in [0.717, 1.165) is 19.4 Å². The van der Waals surface area contributed by atoms with Crippen molar-refractivity contribution in [3.05, 3.63) is 0 Å². The number of rotatable bonds is 30. The Labute approximate surface area is 235 Å². The molecule has 0 radical (unpaired) electrons. The van der Waals surface area contributed by atoms with Gasteiger partial charge in [-0.25, -0.2) is 0 Å². The largest absolute Gasteiger partial charge is 0.697 e. The molecule has 0 aromatic heterocycles. The third-order valence-corrected chi connectivity index (χ3v) is 7.73. The lowest BCUT2D eigenvalue weighted by Crippen LogP contribution is -1.97. The van der Waals surface area contributed by atoms with E-state index in [1.807, 2.05) is 0 Å². The van der Waals surface area contributed by atoms with Crippen LogP contribution in [0, 0.1) is 0 Å². The number of hydrogen-bond acceptors (Lipinski definition) is 4. The van der Waals surface area contributed by atoms with Gasteiger partial charge in [0.15, 0.2) is 0 Å². The summed E-state index contributed by atoms with van der Waals surface area (Å²) in [5, 5.41) is 0. The van der Waals surface area contributed by atoms with Gasteiger partial charge in [0, 0.05) is 4.57 Å². The Bertz CT molecular complexity index is 375. The second-order valence-corrected chi connectivity index (χ2v) is 11.8. The minimum atomic E-state index is -1.90. The average Bonchev–Trinajstić information content (AvgIpc) is 2.90. The van der Waals surface area contributed by atoms with Crippen LogP contribution in [0.15, 0.2) is 0 Å². The molecule has 0 saturated heterocycles. The minimum Gasteiger partial charge on any atom is -0.330 e. The minimum absolute atomic E-state index is 0.573. The van der Waals surface area contributed by atoms with Crippen molar-refractivity contribution < 1.29 is 13.6 Å². The molecule has 0 bridgehead atoms. The van der Waals surface area contributed by atoms with Gasteiger partial charge in [-0.15, -0.1) is 9.05 Å². The van der Waals surface area contributed by atoms with Gasteiger partial charge < -0.3 is 5.73 Å². The molecule has 0 amide bonds. The van der Waals surface area contributed by atoms with Gasteiger partial charge in [-0.2, -0.15) is 0 Å². The Morgan fingerprint density at radius 3 is 0.919 bits per heavy atom. The molecule has 0 spiro atoms. The van der Waals surface area contributed by atoms with Crippen molar-refractivity contribution in [2.24, 2.45) is 5.73 Å². The zero-order valence-electron chi connectivity index (χ0n) is 25.8. The van der Waals surface area contributed by atoms with E-state index < -0.39 is 8.25 Å². The van der Waals surface area contributed by atoms with E-state index in [1.54, 1.807) is 0 Å². The van der Waals surface area contributed by atoms with E-state index in [1.165, 1.54) is 154 Å². The molecule has 224 valence electrons. The van der Waals surface area contributed by atoms with Crippen molar-refractivity contribution in [2.75, 3.05) is 19.8 Å². The average molecular weight is 547 g/mol. The van der Waals surface area contributed by atoms with Crippen LogP contribution in [-0.4, -0.2) is 19.8 Å². The second kappa shape index (κ2) is 38.1.